The Balaban J connectivity index is 2.00. The second kappa shape index (κ2) is 6.40. The van der Waals surface area contributed by atoms with Gasteiger partial charge in [0.05, 0.1) is 13.2 Å². The third-order valence-electron chi connectivity index (χ3n) is 4.05. The van der Waals surface area contributed by atoms with E-state index in [1.165, 1.54) is 4.88 Å². The molecule has 5 heteroatoms. The lowest BCUT2D eigenvalue weighted by molar-refractivity contribution is -0.00426. The van der Waals surface area contributed by atoms with Crippen LogP contribution in [-0.4, -0.2) is 37.7 Å². The van der Waals surface area contributed by atoms with Crippen LogP contribution in [0.2, 0.25) is 0 Å². The van der Waals surface area contributed by atoms with E-state index in [4.69, 9.17) is 4.74 Å². The molecular weight excluding hydrogens is 287 g/mol. The summed E-state index contributed by atoms with van der Waals surface area (Å²) >= 11 is 1.69. The van der Waals surface area contributed by atoms with Crippen molar-refractivity contribution in [2.24, 2.45) is 0 Å². The molecule has 1 fully saturated rings. The van der Waals surface area contributed by atoms with Crippen molar-refractivity contribution in [1.82, 2.24) is 10.2 Å². The Labute approximate surface area is 128 Å². The largest absolute Gasteiger partial charge is 0.379 e. The molecule has 0 saturated carbocycles. The summed E-state index contributed by atoms with van der Waals surface area (Å²) in [5.41, 5.74) is 1.14. The third-order valence-corrected chi connectivity index (χ3v) is 5.25. The molecule has 0 amide bonds. The number of hydrogen-bond acceptors (Lipinski definition) is 4. The van der Waals surface area contributed by atoms with E-state index in [-0.39, 0.29) is 5.82 Å². The number of thiophene rings is 1. The number of hydrogen-bond donors (Lipinski definition) is 1. The van der Waals surface area contributed by atoms with E-state index in [1.54, 1.807) is 23.5 Å². The summed E-state index contributed by atoms with van der Waals surface area (Å²) in [6.07, 6.45) is 0. The van der Waals surface area contributed by atoms with Gasteiger partial charge in [0.2, 0.25) is 0 Å². The Hall–Kier alpha value is -1.01. The van der Waals surface area contributed by atoms with Crippen molar-refractivity contribution < 1.29 is 9.13 Å². The Bertz CT molecular complexity index is 628. The molecule has 1 aliphatic heterocycles. The lowest BCUT2D eigenvalue weighted by Crippen LogP contribution is -2.43. The van der Waals surface area contributed by atoms with Crippen LogP contribution in [0.1, 0.15) is 17.4 Å². The number of rotatable bonds is 4. The van der Waals surface area contributed by atoms with Gasteiger partial charge in [-0.1, -0.05) is 6.07 Å². The van der Waals surface area contributed by atoms with Crippen molar-refractivity contribution in [3.63, 3.8) is 0 Å². The van der Waals surface area contributed by atoms with Gasteiger partial charge in [0, 0.05) is 40.6 Å². The van der Waals surface area contributed by atoms with Crippen LogP contribution in [0.3, 0.4) is 0 Å². The molecule has 114 valence electrons. The molecule has 1 aliphatic rings. The minimum Gasteiger partial charge on any atom is -0.379 e. The third kappa shape index (κ3) is 2.97. The highest BCUT2D eigenvalue weighted by atomic mass is 32.1. The molecule has 1 aromatic heterocycles. The van der Waals surface area contributed by atoms with E-state index in [9.17, 15) is 4.39 Å². The van der Waals surface area contributed by atoms with Crippen molar-refractivity contribution in [3.8, 4) is 0 Å². The summed E-state index contributed by atoms with van der Waals surface area (Å²) < 4.78 is 20.8. The van der Waals surface area contributed by atoms with E-state index in [0.29, 0.717) is 6.04 Å². The van der Waals surface area contributed by atoms with Gasteiger partial charge in [-0.2, -0.15) is 0 Å². The maximum Gasteiger partial charge on any atom is 0.132 e. The van der Waals surface area contributed by atoms with E-state index in [0.717, 1.165) is 48.5 Å². The standard InChI is InChI=1S/C16H21FN2OS/c1-11-10-20-7-6-19(11)9-12-15(8-18-2)21-14-5-3-4-13(17)16(12)14/h3-5,11,18H,6-10H2,1-2H3. The van der Waals surface area contributed by atoms with Gasteiger partial charge in [-0.15, -0.1) is 11.3 Å². The van der Waals surface area contributed by atoms with Crippen molar-refractivity contribution in [2.45, 2.75) is 26.1 Å². The Kier molecular flexibility index (Phi) is 4.54. The topological polar surface area (TPSA) is 24.5 Å². The first-order chi connectivity index (χ1) is 10.2. The molecule has 1 unspecified atom stereocenters. The normalized spacial score (nSPS) is 20.2. The molecule has 2 heterocycles. The van der Waals surface area contributed by atoms with E-state index < -0.39 is 0 Å². The number of fused-ring (bicyclic) bond motifs is 1. The number of morpholine rings is 1. The van der Waals surface area contributed by atoms with E-state index >= 15 is 0 Å². The molecule has 1 atom stereocenters. The molecule has 1 saturated heterocycles. The highest BCUT2D eigenvalue weighted by Gasteiger charge is 2.23. The quantitative estimate of drug-likeness (QED) is 0.940. The predicted molar refractivity (Wildman–Crippen MR) is 85.2 cm³/mol. The van der Waals surface area contributed by atoms with Crippen molar-refractivity contribution in [1.29, 1.82) is 0 Å². The van der Waals surface area contributed by atoms with Gasteiger partial charge in [0.1, 0.15) is 5.82 Å². The minimum atomic E-state index is -0.109. The smallest absolute Gasteiger partial charge is 0.132 e. The maximum atomic E-state index is 14.3. The zero-order chi connectivity index (χ0) is 14.8. The summed E-state index contributed by atoms with van der Waals surface area (Å²) in [6.45, 7) is 6.17. The zero-order valence-corrected chi connectivity index (χ0v) is 13.3. The van der Waals surface area contributed by atoms with Crippen LogP contribution in [0.15, 0.2) is 18.2 Å². The number of benzene rings is 1. The molecule has 1 N–H and O–H groups in total. The fraction of sp³-hybridized carbons (Fsp3) is 0.500. The Morgan fingerprint density at radius 1 is 1.48 bits per heavy atom. The number of nitrogens with one attached hydrogen (secondary N) is 1. The molecule has 3 nitrogen and oxygen atoms in total. The van der Waals surface area contributed by atoms with Crippen LogP contribution in [0.5, 0.6) is 0 Å². The summed E-state index contributed by atoms with van der Waals surface area (Å²) in [6, 6.07) is 5.74. The van der Waals surface area contributed by atoms with Crippen molar-refractivity contribution in [3.05, 3.63) is 34.5 Å². The summed E-state index contributed by atoms with van der Waals surface area (Å²) in [7, 11) is 1.93. The lowest BCUT2D eigenvalue weighted by atomic mass is 10.1. The highest BCUT2D eigenvalue weighted by Crippen LogP contribution is 2.34. The summed E-state index contributed by atoms with van der Waals surface area (Å²) in [4.78, 5) is 3.62. The molecule has 0 spiro atoms. The maximum absolute atomic E-state index is 14.3. The SMILES string of the molecule is CNCc1sc2cccc(F)c2c1CN1CCOCC1C. The Morgan fingerprint density at radius 3 is 3.10 bits per heavy atom. The predicted octanol–water partition coefficient (Wildman–Crippen LogP) is 2.98. The van der Waals surface area contributed by atoms with E-state index in [1.807, 2.05) is 13.1 Å². The van der Waals surface area contributed by atoms with Gasteiger partial charge in [0.15, 0.2) is 0 Å². The molecule has 21 heavy (non-hydrogen) atoms. The minimum absolute atomic E-state index is 0.109. The number of halogens is 1. The number of ether oxygens (including phenoxy) is 1. The second-order valence-electron chi connectivity index (χ2n) is 5.54. The molecule has 2 aromatic rings. The molecule has 0 aliphatic carbocycles. The van der Waals surface area contributed by atoms with Gasteiger partial charge < -0.3 is 10.1 Å². The number of nitrogens with zero attached hydrogens (tertiary/aromatic N) is 1. The first kappa shape index (κ1) is 14.9. The van der Waals surface area contributed by atoms with Crippen LogP contribution in [-0.2, 0) is 17.8 Å². The highest BCUT2D eigenvalue weighted by molar-refractivity contribution is 7.19. The van der Waals surface area contributed by atoms with Crippen LogP contribution in [0.25, 0.3) is 10.1 Å². The molecular formula is C16H21FN2OS. The zero-order valence-electron chi connectivity index (χ0n) is 12.5. The van der Waals surface area contributed by atoms with Gasteiger partial charge in [-0.05, 0) is 31.7 Å². The van der Waals surface area contributed by atoms with Crippen LogP contribution < -0.4 is 5.32 Å². The molecule has 1 aromatic carbocycles. The summed E-state index contributed by atoms with van der Waals surface area (Å²) in [5, 5.41) is 4.00. The fourth-order valence-electron chi connectivity index (χ4n) is 2.89. The second-order valence-corrected chi connectivity index (χ2v) is 6.68. The van der Waals surface area contributed by atoms with Crippen LogP contribution in [0, 0.1) is 5.82 Å². The molecule has 3 rings (SSSR count). The monoisotopic (exact) mass is 308 g/mol. The summed E-state index contributed by atoms with van der Waals surface area (Å²) in [5.74, 6) is -0.109. The lowest BCUT2D eigenvalue weighted by Gasteiger charge is -2.33. The van der Waals surface area contributed by atoms with Crippen LogP contribution in [0.4, 0.5) is 4.39 Å². The fourth-order valence-corrected chi connectivity index (χ4v) is 4.13. The van der Waals surface area contributed by atoms with Crippen molar-refractivity contribution >= 4 is 21.4 Å². The van der Waals surface area contributed by atoms with Gasteiger partial charge in [0.25, 0.3) is 0 Å². The first-order valence-corrected chi connectivity index (χ1v) is 8.17. The first-order valence-electron chi connectivity index (χ1n) is 7.36. The average molecular weight is 308 g/mol. The molecule has 0 radical (unpaired) electrons. The molecule has 0 bridgehead atoms. The van der Waals surface area contributed by atoms with Gasteiger partial charge in [-0.3, -0.25) is 4.90 Å². The van der Waals surface area contributed by atoms with Gasteiger partial charge in [-0.25, -0.2) is 4.39 Å². The average Bonchev–Trinajstić information content (AvgIpc) is 2.81. The van der Waals surface area contributed by atoms with Crippen molar-refractivity contribution in [2.75, 3.05) is 26.8 Å². The Morgan fingerprint density at radius 2 is 2.33 bits per heavy atom. The van der Waals surface area contributed by atoms with E-state index in [2.05, 4.69) is 17.1 Å². The van der Waals surface area contributed by atoms with Crippen LogP contribution >= 0.6 is 11.3 Å². The van der Waals surface area contributed by atoms with Gasteiger partial charge >= 0.3 is 0 Å².